The number of hydrogen-bond donors (Lipinski definition) is 2. The van der Waals surface area contributed by atoms with Crippen LogP contribution >= 0.6 is 0 Å². The zero-order chi connectivity index (χ0) is 10.8. The minimum Gasteiger partial charge on any atom is -0.508 e. The normalized spacial score (nSPS) is 10.5. The summed E-state index contributed by atoms with van der Waals surface area (Å²) in [6.07, 6.45) is 1.65. The Morgan fingerprint density at radius 1 is 1.33 bits per heavy atom. The highest BCUT2D eigenvalue weighted by molar-refractivity contribution is 5.40. The number of nitrogens with zero attached hydrogens (tertiary/aromatic N) is 2. The van der Waals surface area contributed by atoms with Crippen LogP contribution in [0, 0.1) is 6.92 Å². The lowest BCUT2D eigenvalue weighted by Crippen LogP contribution is -2.03. The summed E-state index contributed by atoms with van der Waals surface area (Å²) in [4.78, 5) is 0. The van der Waals surface area contributed by atoms with Gasteiger partial charge >= 0.3 is 0 Å². The number of hydrogen-bond acceptors (Lipinski definition) is 3. The van der Waals surface area contributed by atoms with Gasteiger partial charge in [-0.3, -0.25) is 4.68 Å². The van der Waals surface area contributed by atoms with Crippen LogP contribution in [0.5, 0.6) is 5.75 Å². The van der Waals surface area contributed by atoms with E-state index >= 15 is 0 Å². The van der Waals surface area contributed by atoms with Gasteiger partial charge in [-0.2, -0.15) is 5.10 Å². The third-order valence-electron chi connectivity index (χ3n) is 2.41. The first kappa shape index (κ1) is 9.58. The predicted octanol–water partition coefficient (Wildman–Crippen LogP) is 1.53. The molecule has 15 heavy (non-hydrogen) atoms. The maximum absolute atomic E-state index is 9.14. The van der Waals surface area contributed by atoms with Crippen LogP contribution < -0.4 is 5.73 Å². The monoisotopic (exact) mass is 203 g/mol. The van der Waals surface area contributed by atoms with Gasteiger partial charge in [0.2, 0.25) is 0 Å². The molecule has 0 aliphatic rings. The van der Waals surface area contributed by atoms with Crippen LogP contribution in [0.4, 0.5) is 5.69 Å². The zero-order valence-electron chi connectivity index (χ0n) is 8.51. The second-order valence-corrected chi connectivity index (χ2v) is 3.51. The molecule has 0 aliphatic carbocycles. The molecule has 2 aromatic rings. The van der Waals surface area contributed by atoms with Crippen LogP contribution in [0.3, 0.4) is 0 Å². The molecular formula is C11H13N3O. The molecule has 2 rings (SSSR count). The van der Waals surface area contributed by atoms with E-state index in [9.17, 15) is 0 Å². The molecule has 0 bridgehead atoms. The molecule has 4 nitrogen and oxygen atoms in total. The fraction of sp³-hybridized carbons (Fsp3) is 0.182. The number of anilines is 1. The summed E-state index contributed by atoms with van der Waals surface area (Å²) < 4.78 is 1.84. The lowest BCUT2D eigenvalue weighted by molar-refractivity contribution is 0.475. The van der Waals surface area contributed by atoms with E-state index in [-0.39, 0.29) is 5.75 Å². The Bertz CT molecular complexity index is 459. The molecule has 0 saturated heterocycles. The summed E-state index contributed by atoms with van der Waals surface area (Å²) in [6.45, 7) is 2.60. The van der Waals surface area contributed by atoms with Crippen molar-refractivity contribution in [1.29, 1.82) is 0 Å². The zero-order valence-corrected chi connectivity index (χ0v) is 8.51. The summed E-state index contributed by atoms with van der Waals surface area (Å²) in [6, 6.07) is 7.06. The van der Waals surface area contributed by atoms with Gasteiger partial charge < -0.3 is 10.8 Å². The average Bonchev–Trinajstić information content (AvgIpc) is 2.53. The summed E-state index contributed by atoms with van der Waals surface area (Å²) in [5.41, 5.74) is 8.44. The van der Waals surface area contributed by atoms with Gasteiger partial charge in [0, 0.05) is 0 Å². The standard InChI is InChI=1S/C11H13N3O/c1-8-11(12)6-13-14(8)7-9-2-4-10(15)5-3-9/h2-6,15H,7,12H2,1H3. The number of rotatable bonds is 2. The minimum atomic E-state index is 0.274. The number of phenols is 1. The first-order valence-electron chi connectivity index (χ1n) is 4.72. The second-order valence-electron chi connectivity index (χ2n) is 3.51. The van der Waals surface area contributed by atoms with Crippen LogP contribution in [-0.4, -0.2) is 14.9 Å². The number of aromatic hydroxyl groups is 1. The van der Waals surface area contributed by atoms with Crippen LogP contribution in [-0.2, 0) is 6.54 Å². The van der Waals surface area contributed by atoms with Crippen molar-refractivity contribution < 1.29 is 5.11 Å². The topological polar surface area (TPSA) is 64.1 Å². The molecule has 0 amide bonds. The SMILES string of the molecule is Cc1c(N)cnn1Cc1ccc(O)cc1. The quantitative estimate of drug-likeness (QED) is 0.778. The summed E-state index contributed by atoms with van der Waals surface area (Å²) in [5.74, 6) is 0.274. The van der Waals surface area contributed by atoms with Crippen molar-refractivity contribution in [2.45, 2.75) is 13.5 Å². The molecule has 4 heteroatoms. The first-order chi connectivity index (χ1) is 7.16. The maximum Gasteiger partial charge on any atom is 0.115 e. The Morgan fingerprint density at radius 3 is 2.53 bits per heavy atom. The van der Waals surface area contributed by atoms with E-state index in [0.717, 1.165) is 11.3 Å². The van der Waals surface area contributed by atoms with Gasteiger partial charge in [-0.05, 0) is 24.6 Å². The van der Waals surface area contributed by atoms with Gasteiger partial charge in [0.05, 0.1) is 24.1 Å². The highest BCUT2D eigenvalue weighted by Gasteiger charge is 2.03. The van der Waals surface area contributed by atoms with Crippen molar-refractivity contribution >= 4 is 5.69 Å². The molecule has 0 spiro atoms. The van der Waals surface area contributed by atoms with Crippen molar-refractivity contribution in [3.8, 4) is 5.75 Å². The van der Waals surface area contributed by atoms with Crippen molar-refractivity contribution in [2.75, 3.05) is 5.73 Å². The Hall–Kier alpha value is -1.97. The van der Waals surface area contributed by atoms with E-state index in [1.807, 2.05) is 23.7 Å². The Labute approximate surface area is 88.0 Å². The molecule has 1 heterocycles. The highest BCUT2D eigenvalue weighted by Crippen LogP contribution is 2.13. The van der Waals surface area contributed by atoms with Gasteiger partial charge in [0.1, 0.15) is 5.75 Å². The molecule has 1 aromatic carbocycles. The van der Waals surface area contributed by atoms with Gasteiger partial charge in [0.25, 0.3) is 0 Å². The molecule has 0 unspecified atom stereocenters. The smallest absolute Gasteiger partial charge is 0.115 e. The molecule has 0 atom stereocenters. The second kappa shape index (κ2) is 3.65. The van der Waals surface area contributed by atoms with E-state index in [0.29, 0.717) is 12.2 Å². The van der Waals surface area contributed by atoms with Crippen molar-refractivity contribution in [1.82, 2.24) is 9.78 Å². The van der Waals surface area contributed by atoms with Gasteiger partial charge in [-0.15, -0.1) is 0 Å². The molecule has 1 aromatic heterocycles. The number of nitrogens with two attached hydrogens (primary N) is 1. The van der Waals surface area contributed by atoms with Gasteiger partial charge in [0.15, 0.2) is 0 Å². The largest absolute Gasteiger partial charge is 0.508 e. The molecular weight excluding hydrogens is 190 g/mol. The van der Waals surface area contributed by atoms with Gasteiger partial charge in [-0.1, -0.05) is 12.1 Å². The molecule has 0 aliphatic heterocycles. The lowest BCUT2D eigenvalue weighted by atomic mass is 10.2. The minimum absolute atomic E-state index is 0.274. The Kier molecular flexibility index (Phi) is 2.33. The van der Waals surface area contributed by atoms with E-state index in [2.05, 4.69) is 5.10 Å². The van der Waals surface area contributed by atoms with E-state index in [1.54, 1.807) is 18.3 Å². The number of aromatic nitrogens is 2. The van der Waals surface area contributed by atoms with Gasteiger partial charge in [-0.25, -0.2) is 0 Å². The third-order valence-corrected chi connectivity index (χ3v) is 2.41. The summed E-state index contributed by atoms with van der Waals surface area (Å²) in [7, 11) is 0. The highest BCUT2D eigenvalue weighted by atomic mass is 16.3. The number of benzene rings is 1. The fourth-order valence-electron chi connectivity index (χ4n) is 1.39. The van der Waals surface area contributed by atoms with Crippen molar-refractivity contribution in [3.05, 3.63) is 41.7 Å². The molecule has 3 N–H and O–H groups in total. The van der Waals surface area contributed by atoms with Crippen LogP contribution in [0.15, 0.2) is 30.5 Å². The number of phenolic OH excluding ortho intramolecular Hbond substituents is 1. The van der Waals surface area contributed by atoms with Crippen molar-refractivity contribution in [3.63, 3.8) is 0 Å². The molecule has 0 radical (unpaired) electrons. The predicted molar refractivity (Wildman–Crippen MR) is 58.6 cm³/mol. The lowest BCUT2D eigenvalue weighted by Gasteiger charge is -2.04. The molecule has 0 fully saturated rings. The van der Waals surface area contributed by atoms with E-state index < -0.39 is 0 Å². The van der Waals surface area contributed by atoms with E-state index in [1.165, 1.54) is 0 Å². The molecule has 0 saturated carbocycles. The summed E-state index contributed by atoms with van der Waals surface area (Å²) in [5, 5.41) is 13.3. The van der Waals surface area contributed by atoms with Crippen LogP contribution in [0.2, 0.25) is 0 Å². The maximum atomic E-state index is 9.14. The first-order valence-corrected chi connectivity index (χ1v) is 4.72. The van der Waals surface area contributed by atoms with Crippen LogP contribution in [0.1, 0.15) is 11.3 Å². The Morgan fingerprint density at radius 2 is 2.00 bits per heavy atom. The summed E-state index contributed by atoms with van der Waals surface area (Å²) >= 11 is 0. The average molecular weight is 203 g/mol. The molecule has 78 valence electrons. The van der Waals surface area contributed by atoms with Crippen LogP contribution in [0.25, 0.3) is 0 Å². The fourth-order valence-corrected chi connectivity index (χ4v) is 1.39. The third kappa shape index (κ3) is 1.93. The van der Waals surface area contributed by atoms with Crippen molar-refractivity contribution in [2.24, 2.45) is 0 Å². The number of nitrogen functional groups attached to an aromatic ring is 1. The Balaban J connectivity index is 2.22. The van der Waals surface area contributed by atoms with E-state index in [4.69, 9.17) is 10.8 Å².